The first-order chi connectivity index (χ1) is 12.6. The number of nitrogens with zero attached hydrogens (tertiary/aromatic N) is 1. The van der Waals surface area contributed by atoms with Gasteiger partial charge in [-0.05, 0) is 23.8 Å². The molecule has 0 radical (unpaired) electrons. The maximum Gasteiger partial charge on any atom is 0.258 e. The number of aromatic nitrogens is 1. The van der Waals surface area contributed by atoms with Crippen LogP contribution in [0.2, 0.25) is 0 Å². The molecule has 2 amide bonds. The first-order valence-corrected chi connectivity index (χ1v) is 7.94. The average molecular weight is 359 g/mol. The second kappa shape index (κ2) is 10.00. The van der Waals surface area contributed by atoms with Gasteiger partial charge < -0.3 is 25.3 Å². The van der Waals surface area contributed by atoms with Crippen LogP contribution in [0.5, 0.6) is 11.6 Å². The molecule has 8 heteroatoms. The second-order valence-electron chi connectivity index (χ2n) is 5.30. The molecule has 138 valence electrons. The van der Waals surface area contributed by atoms with Crippen LogP contribution in [0.3, 0.4) is 0 Å². The fourth-order valence-corrected chi connectivity index (χ4v) is 1.97. The molecule has 1 aromatic carbocycles. The molecule has 0 bridgehead atoms. The van der Waals surface area contributed by atoms with Gasteiger partial charge in [0, 0.05) is 31.5 Å². The molecule has 0 saturated carbocycles. The molecule has 8 nitrogen and oxygen atoms in total. The number of ether oxygens (including phenoxy) is 3. The molecule has 2 rings (SSSR count). The molecule has 0 atom stereocenters. The van der Waals surface area contributed by atoms with E-state index >= 15 is 0 Å². The summed E-state index contributed by atoms with van der Waals surface area (Å²) in [6.07, 6.45) is 1.62. The molecule has 1 heterocycles. The van der Waals surface area contributed by atoms with E-state index in [0.29, 0.717) is 37.0 Å². The average Bonchev–Trinajstić information content (AvgIpc) is 2.66. The van der Waals surface area contributed by atoms with E-state index in [0.717, 1.165) is 5.56 Å². The molecular formula is C18H21N3O5. The van der Waals surface area contributed by atoms with Crippen LogP contribution in [0.1, 0.15) is 15.9 Å². The minimum atomic E-state index is -0.554. The van der Waals surface area contributed by atoms with E-state index in [-0.39, 0.29) is 12.5 Å². The molecule has 3 N–H and O–H groups in total. The molecule has 26 heavy (non-hydrogen) atoms. The van der Waals surface area contributed by atoms with Crippen molar-refractivity contribution in [1.82, 2.24) is 10.3 Å². The summed E-state index contributed by atoms with van der Waals surface area (Å²) in [5.41, 5.74) is 6.35. The van der Waals surface area contributed by atoms with Crippen molar-refractivity contribution >= 4 is 11.8 Å². The van der Waals surface area contributed by atoms with Crippen LogP contribution in [-0.2, 0) is 16.1 Å². The summed E-state index contributed by atoms with van der Waals surface area (Å²) in [6.45, 7) is 1.05. The second-order valence-corrected chi connectivity index (χ2v) is 5.30. The topological polar surface area (TPSA) is 113 Å². The molecule has 0 aliphatic carbocycles. The van der Waals surface area contributed by atoms with E-state index < -0.39 is 5.91 Å². The Morgan fingerprint density at radius 2 is 2.00 bits per heavy atom. The zero-order valence-corrected chi connectivity index (χ0v) is 14.4. The van der Waals surface area contributed by atoms with Gasteiger partial charge in [-0.15, -0.1) is 0 Å². The maximum atomic E-state index is 11.9. The van der Waals surface area contributed by atoms with E-state index in [9.17, 15) is 9.59 Å². The highest BCUT2D eigenvalue weighted by atomic mass is 16.5. The summed E-state index contributed by atoms with van der Waals surface area (Å²) in [6, 6.07) is 9.88. The van der Waals surface area contributed by atoms with Crippen molar-refractivity contribution in [2.75, 3.05) is 26.9 Å². The number of pyridine rings is 1. The Balaban J connectivity index is 1.74. The van der Waals surface area contributed by atoms with Gasteiger partial charge >= 0.3 is 0 Å². The first kappa shape index (κ1) is 19.2. The van der Waals surface area contributed by atoms with Crippen molar-refractivity contribution in [3.05, 3.63) is 53.7 Å². The Morgan fingerprint density at radius 1 is 1.15 bits per heavy atom. The van der Waals surface area contributed by atoms with E-state index in [1.807, 2.05) is 6.07 Å². The fraction of sp³-hybridized carbons (Fsp3) is 0.278. The van der Waals surface area contributed by atoms with Crippen LogP contribution in [0.25, 0.3) is 0 Å². The van der Waals surface area contributed by atoms with Crippen molar-refractivity contribution in [2.24, 2.45) is 5.73 Å². The number of hydrogen-bond donors (Lipinski definition) is 2. The zero-order valence-electron chi connectivity index (χ0n) is 14.4. The molecule has 2 aromatic rings. The molecule has 0 spiro atoms. The number of carbonyl (C=O) groups excluding carboxylic acids is 2. The van der Waals surface area contributed by atoms with Crippen LogP contribution in [0.4, 0.5) is 0 Å². The van der Waals surface area contributed by atoms with E-state index in [4.69, 9.17) is 19.9 Å². The summed E-state index contributed by atoms with van der Waals surface area (Å²) in [4.78, 5) is 27.1. The minimum Gasteiger partial charge on any atom is -0.484 e. The number of benzene rings is 1. The smallest absolute Gasteiger partial charge is 0.258 e. The zero-order chi connectivity index (χ0) is 18.8. The van der Waals surface area contributed by atoms with E-state index in [2.05, 4.69) is 10.3 Å². The number of amides is 2. The number of hydrogen-bond acceptors (Lipinski definition) is 6. The highest BCUT2D eigenvalue weighted by molar-refractivity contribution is 5.93. The summed E-state index contributed by atoms with van der Waals surface area (Å²) in [5.74, 6) is 0.0439. The number of methoxy groups -OCH3 is 1. The van der Waals surface area contributed by atoms with Crippen LogP contribution < -0.4 is 20.5 Å². The summed E-state index contributed by atoms with van der Waals surface area (Å²) >= 11 is 0. The Labute approximate surface area is 151 Å². The summed E-state index contributed by atoms with van der Waals surface area (Å²) in [7, 11) is 1.60. The van der Waals surface area contributed by atoms with Gasteiger partial charge in [0.2, 0.25) is 11.8 Å². The third kappa shape index (κ3) is 6.40. The first-order valence-electron chi connectivity index (χ1n) is 7.94. The molecule has 0 aliphatic heterocycles. The van der Waals surface area contributed by atoms with Gasteiger partial charge in [0.1, 0.15) is 12.4 Å². The lowest BCUT2D eigenvalue weighted by Crippen LogP contribution is -2.28. The largest absolute Gasteiger partial charge is 0.484 e. The highest BCUT2D eigenvalue weighted by Gasteiger charge is 2.06. The summed E-state index contributed by atoms with van der Waals surface area (Å²) in [5, 5.41) is 2.72. The number of primary amides is 1. The predicted molar refractivity (Wildman–Crippen MR) is 93.9 cm³/mol. The van der Waals surface area contributed by atoms with Crippen molar-refractivity contribution in [1.29, 1.82) is 0 Å². The monoisotopic (exact) mass is 359 g/mol. The Kier molecular flexibility index (Phi) is 7.38. The van der Waals surface area contributed by atoms with E-state index in [1.165, 1.54) is 6.07 Å². The number of carbonyl (C=O) groups is 2. The molecular weight excluding hydrogens is 338 g/mol. The Hall–Kier alpha value is -3.13. The van der Waals surface area contributed by atoms with Gasteiger partial charge in [-0.25, -0.2) is 4.98 Å². The van der Waals surface area contributed by atoms with Gasteiger partial charge in [0.05, 0.1) is 6.61 Å². The van der Waals surface area contributed by atoms with Gasteiger partial charge in [-0.3, -0.25) is 9.59 Å². The van der Waals surface area contributed by atoms with Gasteiger partial charge in [-0.2, -0.15) is 0 Å². The molecule has 0 saturated heterocycles. The minimum absolute atomic E-state index is 0.173. The van der Waals surface area contributed by atoms with Gasteiger partial charge in [-0.1, -0.05) is 12.1 Å². The van der Waals surface area contributed by atoms with Crippen LogP contribution in [0, 0.1) is 0 Å². The SMILES string of the molecule is COCCOc1ccc(CNC(=O)COc2cccc(C(N)=O)c2)cn1. The third-order valence-corrected chi connectivity index (χ3v) is 3.31. The molecule has 0 unspecified atom stereocenters. The van der Waals surface area contributed by atoms with Crippen molar-refractivity contribution in [3.8, 4) is 11.6 Å². The lowest BCUT2D eigenvalue weighted by Gasteiger charge is -2.09. The van der Waals surface area contributed by atoms with Crippen LogP contribution >= 0.6 is 0 Å². The van der Waals surface area contributed by atoms with Crippen molar-refractivity contribution in [2.45, 2.75) is 6.54 Å². The lowest BCUT2D eigenvalue weighted by molar-refractivity contribution is -0.123. The van der Waals surface area contributed by atoms with Crippen LogP contribution in [-0.4, -0.2) is 43.7 Å². The molecule has 0 aliphatic rings. The fourth-order valence-electron chi connectivity index (χ4n) is 1.97. The molecule has 0 fully saturated rings. The van der Waals surface area contributed by atoms with Gasteiger partial charge in [0.25, 0.3) is 5.91 Å². The highest BCUT2D eigenvalue weighted by Crippen LogP contribution is 2.12. The lowest BCUT2D eigenvalue weighted by atomic mass is 10.2. The summed E-state index contributed by atoms with van der Waals surface area (Å²) < 4.78 is 15.6. The van der Waals surface area contributed by atoms with E-state index in [1.54, 1.807) is 37.6 Å². The number of nitrogens with one attached hydrogen (secondary N) is 1. The quantitative estimate of drug-likeness (QED) is 0.610. The Morgan fingerprint density at radius 3 is 2.69 bits per heavy atom. The maximum absolute atomic E-state index is 11.9. The number of rotatable bonds is 10. The van der Waals surface area contributed by atoms with Crippen molar-refractivity contribution in [3.63, 3.8) is 0 Å². The number of nitrogens with two attached hydrogens (primary N) is 1. The van der Waals surface area contributed by atoms with Crippen LogP contribution in [0.15, 0.2) is 42.6 Å². The Bertz CT molecular complexity index is 734. The predicted octanol–water partition coefficient (Wildman–Crippen LogP) is 0.901. The standard InChI is InChI=1S/C18H21N3O5/c1-24-7-8-25-17-6-5-13(11-21-17)10-20-16(22)12-26-15-4-2-3-14(9-15)18(19)23/h2-6,9,11H,7-8,10,12H2,1H3,(H2,19,23)(H,20,22). The normalized spacial score (nSPS) is 10.2. The third-order valence-electron chi connectivity index (χ3n) is 3.31. The van der Waals surface area contributed by atoms with Crippen molar-refractivity contribution < 1.29 is 23.8 Å². The molecule has 1 aromatic heterocycles. The van der Waals surface area contributed by atoms with Gasteiger partial charge in [0.15, 0.2) is 6.61 Å².